The fourth-order valence-electron chi connectivity index (χ4n) is 3.17. The number of benzene rings is 2. The Labute approximate surface area is 157 Å². The molecule has 0 unspecified atom stereocenters. The molecule has 0 aliphatic rings. The zero-order chi connectivity index (χ0) is 18.1. The first-order chi connectivity index (χ1) is 12.7. The van der Waals surface area contributed by atoms with Gasteiger partial charge < -0.3 is 5.32 Å². The van der Waals surface area contributed by atoms with Crippen LogP contribution >= 0.6 is 11.3 Å². The number of nitrogens with one attached hydrogen (secondary N) is 1. The van der Waals surface area contributed by atoms with E-state index in [1.165, 1.54) is 27.8 Å². The summed E-state index contributed by atoms with van der Waals surface area (Å²) in [6.45, 7) is 6.46. The van der Waals surface area contributed by atoms with E-state index in [1.54, 1.807) is 17.7 Å². The summed E-state index contributed by atoms with van der Waals surface area (Å²) in [7, 11) is 0. The van der Waals surface area contributed by atoms with Crippen LogP contribution in [0.25, 0.3) is 21.3 Å². The van der Waals surface area contributed by atoms with Crippen LogP contribution < -0.4 is 5.32 Å². The summed E-state index contributed by atoms with van der Waals surface area (Å²) >= 11 is 1.66. The number of thiophene rings is 1. The van der Waals surface area contributed by atoms with Crippen LogP contribution in [0, 0.1) is 13.8 Å². The molecular formula is C22H21N3S. The number of hydrogen-bond acceptors (Lipinski definition) is 4. The molecule has 4 heteroatoms. The molecule has 26 heavy (non-hydrogen) atoms. The lowest BCUT2D eigenvalue weighted by Gasteiger charge is -2.12. The molecule has 0 atom stereocenters. The molecule has 0 radical (unpaired) electrons. The van der Waals surface area contributed by atoms with E-state index in [9.17, 15) is 0 Å². The fraction of sp³-hybridized carbons (Fsp3) is 0.182. The van der Waals surface area contributed by atoms with Gasteiger partial charge in [0, 0.05) is 16.6 Å². The maximum Gasteiger partial charge on any atom is 0.143 e. The largest absolute Gasteiger partial charge is 0.339 e. The highest BCUT2D eigenvalue weighted by Crippen LogP contribution is 2.38. The predicted octanol–water partition coefficient (Wildman–Crippen LogP) is 6.28. The molecule has 0 fully saturated rings. The zero-order valence-corrected chi connectivity index (χ0v) is 16.0. The highest BCUT2D eigenvalue weighted by molar-refractivity contribution is 7.17. The number of anilines is 2. The highest BCUT2D eigenvalue weighted by Gasteiger charge is 2.14. The van der Waals surface area contributed by atoms with Crippen molar-refractivity contribution < 1.29 is 0 Å². The number of aromatic nitrogens is 2. The third-order valence-corrected chi connectivity index (χ3v) is 5.73. The molecule has 1 N–H and O–H groups in total. The standard InChI is InChI=1S/C22H21N3S/c1-4-16-7-5-6-8-19(16)25-21-20-18(12-26-22(20)24-13-23-21)17-10-9-14(2)15(3)11-17/h5-13H,4H2,1-3H3,(H,23,24,25). The molecule has 2 aromatic carbocycles. The van der Waals surface area contributed by atoms with Crippen LogP contribution in [0.15, 0.2) is 54.2 Å². The normalized spacial score (nSPS) is 11.0. The predicted molar refractivity (Wildman–Crippen MR) is 111 cm³/mol. The molecule has 2 heterocycles. The maximum atomic E-state index is 4.56. The van der Waals surface area contributed by atoms with Crippen molar-refractivity contribution >= 4 is 33.1 Å². The minimum absolute atomic E-state index is 0.866. The zero-order valence-electron chi connectivity index (χ0n) is 15.2. The van der Waals surface area contributed by atoms with Crippen molar-refractivity contribution in [3.05, 3.63) is 70.9 Å². The topological polar surface area (TPSA) is 37.8 Å². The molecule has 0 aliphatic heterocycles. The number of hydrogen-bond donors (Lipinski definition) is 1. The van der Waals surface area contributed by atoms with Gasteiger partial charge in [-0.3, -0.25) is 0 Å². The average molecular weight is 359 g/mol. The lowest BCUT2D eigenvalue weighted by Crippen LogP contribution is -1.98. The molecule has 0 bridgehead atoms. The van der Waals surface area contributed by atoms with Gasteiger partial charge in [0.25, 0.3) is 0 Å². The number of fused-ring (bicyclic) bond motifs is 1. The van der Waals surface area contributed by atoms with Gasteiger partial charge in [0.15, 0.2) is 0 Å². The third kappa shape index (κ3) is 2.97. The molecule has 2 aromatic heterocycles. The van der Waals surface area contributed by atoms with Crippen molar-refractivity contribution in [2.24, 2.45) is 0 Å². The third-order valence-electron chi connectivity index (χ3n) is 4.84. The van der Waals surface area contributed by atoms with E-state index in [-0.39, 0.29) is 0 Å². The van der Waals surface area contributed by atoms with Gasteiger partial charge in [-0.2, -0.15) is 0 Å². The second-order valence-corrected chi connectivity index (χ2v) is 7.34. The molecule has 4 aromatic rings. The van der Waals surface area contributed by atoms with Crippen LogP contribution in [0.4, 0.5) is 11.5 Å². The smallest absolute Gasteiger partial charge is 0.143 e. The van der Waals surface area contributed by atoms with Gasteiger partial charge >= 0.3 is 0 Å². The Morgan fingerprint density at radius 1 is 1.00 bits per heavy atom. The first-order valence-electron chi connectivity index (χ1n) is 8.82. The average Bonchev–Trinajstić information content (AvgIpc) is 3.10. The lowest BCUT2D eigenvalue weighted by atomic mass is 10.0. The molecule has 4 rings (SSSR count). The number of nitrogens with zero attached hydrogens (tertiary/aromatic N) is 2. The van der Waals surface area contributed by atoms with Crippen molar-refractivity contribution in [2.75, 3.05) is 5.32 Å². The van der Waals surface area contributed by atoms with E-state index in [4.69, 9.17) is 0 Å². The van der Waals surface area contributed by atoms with Crippen LogP contribution in [-0.4, -0.2) is 9.97 Å². The Bertz CT molecular complexity index is 1080. The Hall–Kier alpha value is -2.72. The van der Waals surface area contributed by atoms with Crippen molar-refractivity contribution in [2.45, 2.75) is 27.2 Å². The van der Waals surface area contributed by atoms with E-state index in [2.05, 4.69) is 83.9 Å². The van der Waals surface area contributed by atoms with Crippen LogP contribution in [0.1, 0.15) is 23.6 Å². The van der Waals surface area contributed by atoms with Crippen LogP contribution in [0.2, 0.25) is 0 Å². The maximum absolute atomic E-state index is 4.56. The van der Waals surface area contributed by atoms with E-state index < -0.39 is 0 Å². The van der Waals surface area contributed by atoms with Gasteiger partial charge in [0.1, 0.15) is 17.0 Å². The van der Waals surface area contributed by atoms with E-state index >= 15 is 0 Å². The summed E-state index contributed by atoms with van der Waals surface area (Å²) in [5.41, 5.74) is 7.38. The molecule has 0 spiro atoms. The molecule has 130 valence electrons. The Kier molecular flexibility index (Phi) is 4.43. The van der Waals surface area contributed by atoms with Crippen LogP contribution in [0.3, 0.4) is 0 Å². The second kappa shape index (κ2) is 6.89. The molecular weight excluding hydrogens is 338 g/mol. The quantitative estimate of drug-likeness (QED) is 0.466. The van der Waals surface area contributed by atoms with Crippen LogP contribution in [-0.2, 0) is 6.42 Å². The summed E-state index contributed by atoms with van der Waals surface area (Å²) in [6.07, 6.45) is 2.62. The first kappa shape index (κ1) is 16.7. The first-order valence-corrected chi connectivity index (χ1v) is 9.70. The molecule has 0 aliphatic carbocycles. The van der Waals surface area contributed by atoms with Crippen molar-refractivity contribution in [1.82, 2.24) is 9.97 Å². The minimum atomic E-state index is 0.866. The summed E-state index contributed by atoms with van der Waals surface area (Å²) in [5, 5.41) is 6.81. The van der Waals surface area contributed by atoms with Crippen molar-refractivity contribution in [3.8, 4) is 11.1 Å². The number of para-hydroxylation sites is 1. The number of rotatable bonds is 4. The van der Waals surface area contributed by atoms with Crippen LogP contribution in [0.5, 0.6) is 0 Å². The summed E-state index contributed by atoms with van der Waals surface area (Å²) in [5.74, 6) is 0.866. The van der Waals surface area contributed by atoms with Gasteiger partial charge in [-0.25, -0.2) is 9.97 Å². The molecule has 0 saturated carbocycles. The van der Waals surface area contributed by atoms with Gasteiger partial charge in [0.05, 0.1) is 5.39 Å². The lowest BCUT2D eigenvalue weighted by molar-refractivity contribution is 1.14. The molecule has 3 nitrogen and oxygen atoms in total. The second-order valence-electron chi connectivity index (χ2n) is 6.49. The Morgan fingerprint density at radius 3 is 2.65 bits per heavy atom. The Morgan fingerprint density at radius 2 is 1.85 bits per heavy atom. The van der Waals surface area contributed by atoms with Gasteiger partial charge in [-0.05, 0) is 48.6 Å². The summed E-state index contributed by atoms with van der Waals surface area (Å²) in [4.78, 5) is 10.0. The van der Waals surface area contributed by atoms with E-state index in [0.29, 0.717) is 0 Å². The van der Waals surface area contributed by atoms with E-state index in [1.807, 2.05) is 0 Å². The number of aryl methyl sites for hydroxylation is 3. The summed E-state index contributed by atoms with van der Waals surface area (Å²) < 4.78 is 0. The Balaban J connectivity index is 1.86. The molecule has 0 saturated heterocycles. The SMILES string of the molecule is CCc1ccccc1Nc1ncnc2scc(-c3ccc(C)c(C)c3)c12. The van der Waals surface area contributed by atoms with Crippen molar-refractivity contribution in [1.29, 1.82) is 0 Å². The fourth-order valence-corrected chi connectivity index (χ4v) is 4.09. The highest BCUT2D eigenvalue weighted by atomic mass is 32.1. The van der Waals surface area contributed by atoms with Gasteiger partial charge in [-0.15, -0.1) is 11.3 Å². The summed E-state index contributed by atoms with van der Waals surface area (Å²) in [6, 6.07) is 15.0. The van der Waals surface area contributed by atoms with Crippen molar-refractivity contribution in [3.63, 3.8) is 0 Å². The van der Waals surface area contributed by atoms with Gasteiger partial charge in [-0.1, -0.05) is 43.3 Å². The monoisotopic (exact) mass is 359 g/mol. The van der Waals surface area contributed by atoms with E-state index in [0.717, 1.165) is 28.1 Å². The van der Waals surface area contributed by atoms with Gasteiger partial charge in [0.2, 0.25) is 0 Å². The minimum Gasteiger partial charge on any atom is -0.339 e. The molecule has 0 amide bonds.